The van der Waals surface area contributed by atoms with Gasteiger partial charge in [0.15, 0.2) is 5.78 Å². The molecule has 1 aliphatic rings. The molecule has 0 amide bonds. The van der Waals surface area contributed by atoms with E-state index in [4.69, 9.17) is 0 Å². The highest BCUT2D eigenvalue weighted by molar-refractivity contribution is 7.92. The van der Waals surface area contributed by atoms with Crippen LogP contribution >= 0.6 is 0 Å². The van der Waals surface area contributed by atoms with Gasteiger partial charge in [0.25, 0.3) is 10.0 Å². The Labute approximate surface area is 130 Å². The highest BCUT2D eigenvalue weighted by Gasteiger charge is 2.31. The Bertz CT molecular complexity index is 856. The molecule has 0 radical (unpaired) electrons. The van der Waals surface area contributed by atoms with Gasteiger partial charge in [-0.3, -0.25) is 9.10 Å². The summed E-state index contributed by atoms with van der Waals surface area (Å²) in [6.45, 7) is 3.79. The minimum absolute atomic E-state index is 0.0113. The molecule has 2 aromatic carbocycles. The lowest BCUT2D eigenvalue weighted by molar-refractivity contribution is 0.101. The number of fused-ring (bicyclic) bond motifs is 1. The van der Waals surface area contributed by atoms with Gasteiger partial charge >= 0.3 is 0 Å². The lowest BCUT2D eigenvalue weighted by Crippen LogP contribution is -2.29. The molecule has 0 aromatic heterocycles. The minimum Gasteiger partial charge on any atom is -0.295 e. The number of carbonyl (C=O) groups is 1. The van der Waals surface area contributed by atoms with Crippen LogP contribution in [-0.2, 0) is 16.4 Å². The number of ketones is 1. The van der Waals surface area contributed by atoms with Crippen LogP contribution in [0.1, 0.15) is 28.4 Å². The zero-order valence-corrected chi connectivity index (χ0v) is 13.4. The molecule has 0 bridgehead atoms. The molecule has 0 N–H and O–H groups in total. The first-order chi connectivity index (χ1) is 10.4. The molecule has 0 saturated heterocycles. The fraction of sp³-hybridized carbons (Fsp3) is 0.235. The third-order valence-corrected chi connectivity index (χ3v) is 5.73. The van der Waals surface area contributed by atoms with E-state index < -0.39 is 10.0 Å². The Balaban J connectivity index is 2.04. The summed E-state index contributed by atoms with van der Waals surface area (Å²) >= 11 is 0. The molecule has 114 valence electrons. The molecule has 1 heterocycles. The SMILES string of the molecule is CC(=O)c1ccc2c(c1)CCN2S(=O)(=O)c1cccc(C)c1. The first kappa shape index (κ1) is 14.8. The predicted octanol–water partition coefficient (Wildman–Crippen LogP) is 2.95. The van der Waals surface area contributed by atoms with Gasteiger partial charge in [-0.05, 0) is 61.7 Å². The largest absolute Gasteiger partial charge is 0.295 e. The van der Waals surface area contributed by atoms with E-state index in [1.54, 1.807) is 36.4 Å². The Morgan fingerprint density at radius 2 is 1.91 bits per heavy atom. The van der Waals surface area contributed by atoms with Crippen molar-refractivity contribution in [2.75, 3.05) is 10.8 Å². The second-order valence-corrected chi connectivity index (χ2v) is 7.41. The molecule has 0 fully saturated rings. The summed E-state index contributed by atoms with van der Waals surface area (Å²) in [5, 5.41) is 0. The van der Waals surface area contributed by atoms with Gasteiger partial charge in [0.1, 0.15) is 0 Å². The maximum Gasteiger partial charge on any atom is 0.264 e. The lowest BCUT2D eigenvalue weighted by atomic mass is 10.1. The normalized spacial score (nSPS) is 14.0. The summed E-state index contributed by atoms with van der Waals surface area (Å²) < 4.78 is 27.1. The second-order valence-electron chi connectivity index (χ2n) is 5.54. The van der Waals surface area contributed by atoms with Gasteiger partial charge < -0.3 is 0 Å². The number of aryl methyl sites for hydroxylation is 1. The van der Waals surface area contributed by atoms with Crippen molar-refractivity contribution in [3.8, 4) is 0 Å². The highest BCUT2D eigenvalue weighted by Crippen LogP contribution is 2.33. The summed E-state index contributed by atoms with van der Waals surface area (Å²) in [5.41, 5.74) is 3.11. The van der Waals surface area contributed by atoms with Gasteiger partial charge in [-0.2, -0.15) is 0 Å². The van der Waals surface area contributed by atoms with Crippen molar-refractivity contribution in [3.63, 3.8) is 0 Å². The van der Waals surface area contributed by atoms with Gasteiger partial charge in [-0.15, -0.1) is 0 Å². The molecule has 0 atom stereocenters. The molecule has 2 aromatic rings. The third-order valence-electron chi connectivity index (χ3n) is 3.92. The number of rotatable bonds is 3. The van der Waals surface area contributed by atoms with Crippen molar-refractivity contribution >= 4 is 21.5 Å². The molecule has 1 aliphatic heterocycles. The zero-order chi connectivity index (χ0) is 15.9. The third kappa shape index (κ3) is 2.41. The van der Waals surface area contributed by atoms with E-state index in [1.807, 2.05) is 13.0 Å². The fourth-order valence-electron chi connectivity index (χ4n) is 2.74. The maximum absolute atomic E-state index is 12.8. The average molecular weight is 315 g/mol. The van der Waals surface area contributed by atoms with Crippen molar-refractivity contribution in [2.45, 2.75) is 25.2 Å². The Morgan fingerprint density at radius 3 is 2.59 bits per heavy atom. The van der Waals surface area contributed by atoms with Crippen molar-refractivity contribution in [1.29, 1.82) is 0 Å². The number of benzene rings is 2. The van der Waals surface area contributed by atoms with Crippen LogP contribution in [0.25, 0.3) is 0 Å². The lowest BCUT2D eigenvalue weighted by Gasteiger charge is -2.20. The monoisotopic (exact) mass is 315 g/mol. The predicted molar refractivity (Wildman–Crippen MR) is 85.9 cm³/mol. The number of sulfonamides is 1. The minimum atomic E-state index is -3.56. The number of hydrogen-bond acceptors (Lipinski definition) is 3. The number of Topliss-reactive ketones (excluding diaryl/α,β-unsaturated/α-hetero) is 1. The maximum atomic E-state index is 12.8. The van der Waals surface area contributed by atoms with E-state index in [1.165, 1.54) is 11.2 Å². The number of nitrogens with zero attached hydrogens (tertiary/aromatic N) is 1. The molecular weight excluding hydrogens is 298 g/mol. The van der Waals surface area contributed by atoms with Gasteiger partial charge in [-0.1, -0.05) is 12.1 Å². The molecule has 0 unspecified atom stereocenters. The smallest absolute Gasteiger partial charge is 0.264 e. The van der Waals surface area contributed by atoms with Crippen molar-refractivity contribution in [1.82, 2.24) is 0 Å². The topological polar surface area (TPSA) is 54.5 Å². The van der Waals surface area contributed by atoms with Crippen LogP contribution in [0, 0.1) is 6.92 Å². The average Bonchev–Trinajstić information content (AvgIpc) is 2.90. The molecule has 0 saturated carbocycles. The summed E-state index contributed by atoms with van der Waals surface area (Å²) in [6.07, 6.45) is 0.626. The van der Waals surface area contributed by atoms with E-state index in [2.05, 4.69) is 0 Å². The Morgan fingerprint density at radius 1 is 1.14 bits per heavy atom. The standard InChI is InChI=1S/C17H17NO3S/c1-12-4-3-5-16(10-12)22(20,21)18-9-8-15-11-14(13(2)19)6-7-17(15)18/h3-7,10-11H,8-9H2,1-2H3. The zero-order valence-electron chi connectivity index (χ0n) is 12.5. The molecular formula is C17H17NO3S. The summed E-state index contributed by atoms with van der Waals surface area (Å²) in [4.78, 5) is 11.8. The van der Waals surface area contributed by atoms with Gasteiger partial charge in [0.2, 0.25) is 0 Å². The molecule has 22 heavy (non-hydrogen) atoms. The Hall–Kier alpha value is -2.14. The summed E-state index contributed by atoms with van der Waals surface area (Å²) in [5.74, 6) is -0.0113. The fourth-order valence-corrected chi connectivity index (χ4v) is 4.35. The molecule has 0 spiro atoms. The second kappa shape index (κ2) is 5.25. The molecule has 5 heteroatoms. The number of carbonyl (C=O) groups excluding carboxylic acids is 1. The van der Waals surface area contributed by atoms with E-state index in [0.29, 0.717) is 29.1 Å². The van der Waals surface area contributed by atoms with Crippen molar-refractivity contribution in [2.24, 2.45) is 0 Å². The van der Waals surface area contributed by atoms with Crippen molar-refractivity contribution in [3.05, 3.63) is 59.2 Å². The van der Waals surface area contributed by atoms with Crippen LogP contribution in [0.2, 0.25) is 0 Å². The van der Waals surface area contributed by atoms with Crippen LogP contribution < -0.4 is 4.31 Å². The van der Waals surface area contributed by atoms with Crippen LogP contribution in [-0.4, -0.2) is 20.7 Å². The summed E-state index contributed by atoms with van der Waals surface area (Å²) in [6, 6.07) is 12.1. The quantitative estimate of drug-likeness (QED) is 0.818. The van der Waals surface area contributed by atoms with E-state index in [9.17, 15) is 13.2 Å². The van der Waals surface area contributed by atoms with Gasteiger partial charge in [-0.25, -0.2) is 8.42 Å². The van der Waals surface area contributed by atoms with Gasteiger partial charge in [0.05, 0.1) is 10.6 Å². The van der Waals surface area contributed by atoms with E-state index in [0.717, 1.165) is 11.1 Å². The first-order valence-electron chi connectivity index (χ1n) is 7.13. The Kier molecular flexibility index (Phi) is 3.53. The van der Waals surface area contributed by atoms with Crippen LogP contribution in [0.3, 0.4) is 0 Å². The molecule has 4 nitrogen and oxygen atoms in total. The summed E-state index contributed by atoms with van der Waals surface area (Å²) in [7, 11) is -3.56. The molecule has 3 rings (SSSR count). The van der Waals surface area contributed by atoms with E-state index >= 15 is 0 Å². The van der Waals surface area contributed by atoms with Crippen LogP contribution in [0.4, 0.5) is 5.69 Å². The molecule has 0 aliphatic carbocycles. The van der Waals surface area contributed by atoms with Crippen molar-refractivity contribution < 1.29 is 13.2 Å². The van der Waals surface area contributed by atoms with Gasteiger partial charge in [0, 0.05) is 12.1 Å². The highest BCUT2D eigenvalue weighted by atomic mass is 32.2. The van der Waals surface area contributed by atoms with Crippen LogP contribution in [0.15, 0.2) is 47.4 Å². The number of hydrogen-bond donors (Lipinski definition) is 0. The van der Waals surface area contributed by atoms with Crippen LogP contribution in [0.5, 0.6) is 0 Å². The first-order valence-corrected chi connectivity index (χ1v) is 8.57. The number of anilines is 1. The van der Waals surface area contributed by atoms with E-state index in [-0.39, 0.29) is 5.78 Å².